The predicted octanol–water partition coefficient (Wildman–Crippen LogP) is 6.57. The summed E-state index contributed by atoms with van der Waals surface area (Å²) in [5, 5.41) is 0. The quantitative estimate of drug-likeness (QED) is 0.0952. The minimum Gasteiger partial charge on any atom is -0.469 e. The number of aryl methyl sites for hydroxylation is 1. The second-order valence-corrected chi connectivity index (χ2v) is 14.9. The van der Waals surface area contributed by atoms with Gasteiger partial charge in [0.15, 0.2) is 6.10 Å². The van der Waals surface area contributed by atoms with Crippen LogP contribution in [0.4, 0.5) is 0 Å². The lowest BCUT2D eigenvalue weighted by Crippen LogP contribution is -2.34. The predicted molar refractivity (Wildman–Crippen MR) is 166 cm³/mol. The van der Waals surface area contributed by atoms with E-state index in [0.717, 1.165) is 28.7 Å². The van der Waals surface area contributed by atoms with Gasteiger partial charge in [0.2, 0.25) is 0 Å². The van der Waals surface area contributed by atoms with E-state index in [0.29, 0.717) is 11.1 Å². The molecule has 0 aliphatic carbocycles. The van der Waals surface area contributed by atoms with Crippen molar-refractivity contribution in [3.63, 3.8) is 0 Å². The molecule has 0 unspecified atom stereocenters. The first-order valence-corrected chi connectivity index (χ1v) is 17.6. The van der Waals surface area contributed by atoms with Crippen molar-refractivity contribution in [2.45, 2.75) is 37.6 Å². The maximum atomic E-state index is 14.1. The highest BCUT2D eigenvalue weighted by molar-refractivity contribution is 9.10. The number of carbonyl (C=O) groups is 2. The number of rotatable bonds is 15. The van der Waals surface area contributed by atoms with Crippen molar-refractivity contribution in [3.8, 4) is 0 Å². The van der Waals surface area contributed by atoms with Crippen LogP contribution in [0.25, 0.3) is 0 Å². The third-order valence-electron chi connectivity index (χ3n) is 6.18. The third-order valence-corrected chi connectivity index (χ3v) is 10.5. The van der Waals surface area contributed by atoms with Crippen molar-refractivity contribution in [1.82, 2.24) is 0 Å². The van der Waals surface area contributed by atoms with Crippen LogP contribution in [0.3, 0.4) is 0 Å². The maximum Gasteiger partial charge on any atom is 0.336 e. The van der Waals surface area contributed by atoms with Gasteiger partial charge in [0.25, 0.3) is 10.1 Å². The van der Waals surface area contributed by atoms with E-state index in [1.165, 1.54) is 12.1 Å². The first-order valence-electron chi connectivity index (χ1n) is 12.9. The number of ether oxygens (including phenoxy) is 2. The summed E-state index contributed by atoms with van der Waals surface area (Å²) in [5.74, 6) is -3.25. The van der Waals surface area contributed by atoms with Crippen LogP contribution in [-0.4, -0.2) is 46.8 Å². The fraction of sp³-hybridized carbons (Fsp3) is 0.310. The molecule has 43 heavy (non-hydrogen) atoms. The molecule has 0 heterocycles. The van der Waals surface area contributed by atoms with Gasteiger partial charge in [-0.25, -0.2) is 4.79 Å². The Hall–Kier alpha value is -2.38. The maximum absolute atomic E-state index is 14.1. The number of halogens is 2. The molecule has 0 aliphatic heterocycles. The fourth-order valence-electron chi connectivity index (χ4n) is 3.81. The van der Waals surface area contributed by atoms with E-state index in [2.05, 4.69) is 31.9 Å². The SMILES string of the molecule is COC(=O)[C@@H](C[C@H](OS(=O)(=O)c1ccc(C)cc1)C(=O)OC)CP(=O)(OCc1ccc(Br)cc1)OCc1ccc(Br)cc1. The second-order valence-electron chi connectivity index (χ2n) is 9.42. The molecule has 0 aromatic heterocycles. The van der Waals surface area contributed by atoms with Crippen LogP contribution < -0.4 is 0 Å². The molecule has 3 aromatic rings. The van der Waals surface area contributed by atoms with Gasteiger partial charge >= 0.3 is 19.5 Å². The molecule has 0 spiro atoms. The lowest BCUT2D eigenvalue weighted by Gasteiger charge is -2.25. The first kappa shape index (κ1) is 35.1. The molecule has 14 heteroatoms. The number of esters is 2. The zero-order valence-electron chi connectivity index (χ0n) is 23.6. The van der Waals surface area contributed by atoms with Gasteiger partial charge in [-0.3, -0.25) is 13.5 Å². The highest BCUT2D eigenvalue weighted by atomic mass is 79.9. The minimum absolute atomic E-state index is 0.114. The van der Waals surface area contributed by atoms with Crippen molar-refractivity contribution in [2.75, 3.05) is 20.4 Å². The Labute approximate surface area is 267 Å². The molecule has 2 atom stereocenters. The summed E-state index contributed by atoms with van der Waals surface area (Å²) < 4.78 is 68.3. The zero-order chi connectivity index (χ0) is 31.6. The van der Waals surface area contributed by atoms with Crippen molar-refractivity contribution in [2.24, 2.45) is 5.92 Å². The average molecular weight is 762 g/mol. The Balaban J connectivity index is 1.88. The van der Waals surface area contributed by atoms with Crippen LogP contribution in [0.1, 0.15) is 23.1 Å². The smallest absolute Gasteiger partial charge is 0.336 e. The number of hydrogen-bond acceptors (Lipinski definition) is 10. The molecular formula is C29H31Br2O10PS. The molecular weight excluding hydrogens is 731 g/mol. The van der Waals surface area contributed by atoms with E-state index in [9.17, 15) is 22.6 Å². The molecule has 0 radical (unpaired) electrons. The van der Waals surface area contributed by atoms with Crippen molar-refractivity contribution in [3.05, 3.63) is 98.4 Å². The zero-order valence-corrected chi connectivity index (χ0v) is 28.5. The van der Waals surface area contributed by atoms with Gasteiger partial charge in [0.1, 0.15) is 0 Å². The molecule has 3 rings (SSSR count). The Morgan fingerprint density at radius 2 is 1.23 bits per heavy atom. The Morgan fingerprint density at radius 3 is 1.67 bits per heavy atom. The van der Waals surface area contributed by atoms with E-state index in [4.69, 9.17) is 22.7 Å². The summed E-state index contributed by atoms with van der Waals surface area (Å²) in [4.78, 5) is 25.4. The molecule has 0 aliphatic rings. The Morgan fingerprint density at radius 1 is 0.767 bits per heavy atom. The van der Waals surface area contributed by atoms with Crippen LogP contribution in [0.5, 0.6) is 0 Å². The molecule has 0 fully saturated rings. The molecule has 0 bridgehead atoms. The summed E-state index contributed by atoms with van der Waals surface area (Å²) >= 11 is 6.72. The van der Waals surface area contributed by atoms with Crippen molar-refractivity contribution < 1.29 is 45.3 Å². The number of methoxy groups -OCH3 is 2. The molecule has 0 saturated carbocycles. The second kappa shape index (κ2) is 16.1. The van der Waals surface area contributed by atoms with Gasteiger partial charge in [0, 0.05) is 8.95 Å². The van der Waals surface area contributed by atoms with Gasteiger partial charge < -0.3 is 18.5 Å². The number of hydrogen-bond donors (Lipinski definition) is 0. The normalized spacial score (nSPS) is 13.2. The highest BCUT2D eigenvalue weighted by Crippen LogP contribution is 2.52. The highest BCUT2D eigenvalue weighted by Gasteiger charge is 2.39. The third kappa shape index (κ3) is 10.9. The number of benzene rings is 3. The fourth-order valence-corrected chi connectivity index (χ4v) is 7.20. The van der Waals surface area contributed by atoms with Gasteiger partial charge in [-0.05, 0) is 60.9 Å². The summed E-state index contributed by atoms with van der Waals surface area (Å²) in [6.07, 6.45) is -2.84. The lowest BCUT2D eigenvalue weighted by atomic mass is 10.0. The van der Waals surface area contributed by atoms with Gasteiger partial charge in [0.05, 0.1) is 44.4 Å². The molecule has 0 amide bonds. The van der Waals surface area contributed by atoms with E-state index in [1.54, 1.807) is 67.6 Å². The van der Waals surface area contributed by atoms with Gasteiger partial charge in [-0.2, -0.15) is 8.42 Å². The van der Waals surface area contributed by atoms with E-state index < -0.39 is 54.3 Å². The van der Waals surface area contributed by atoms with E-state index in [-0.39, 0.29) is 18.1 Å². The van der Waals surface area contributed by atoms with Crippen LogP contribution in [-0.2, 0) is 60.2 Å². The first-order chi connectivity index (χ1) is 20.3. The van der Waals surface area contributed by atoms with Crippen LogP contribution >= 0.6 is 39.5 Å². The summed E-state index contributed by atoms with van der Waals surface area (Å²) in [7, 11) is -6.37. The summed E-state index contributed by atoms with van der Waals surface area (Å²) in [5.41, 5.74) is 2.19. The lowest BCUT2D eigenvalue weighted by molar-refractivity contribution is -0.152. The van der Waals surface area contributed by atoms with Crippen LogP contribution in [0.15, 0.2) is 86.6 Å². The standard InChI is InChI=1S/C29H31Br2O10PS/c1-20-4-14-26(15-5-20)43(35,36)41-27(29(33)38-3)16-23(28(32)37-2)19-42(34,39-17-21-6-10-24(30)11-7-21)40-18-22-8-12-25(31)13-9-22/h4-15,23,27H,16-19H2,1-3H3/t23-,27-/m0/s1. The van der Waals surface area contributed by atoms with Gasteiger partial charge in [-0.15, -0.1) is 0 Å². The Kier molecular flexibility index (Phi) is 13.1. The van der Waals surface area contributed by atoms with E-state index in [1.807, 2.05) is 0 Å². The van der Waals surface area contributed by atoms with Crippen molar-refractivity contribution >= 4 is 61.5 Å². The topological polar surface area (TPSA) is 132 Å². The molecule has 10 nitrogen and oxygen atoms in total. The molecule has 0 saturated heterocycles. The van der Waals surface area contributed by atoms with Crippen LogP contribution in [0.2, 0.25) is 0 Å². The largest absolute Gasteiger partial charge is 0.469 e. The molecule has 232 valence electrons. The summed E-state index contributed by atoms with van der Waals surface area (Å²) in [6.45, 7) is 1.56. The van der Waals surface area contributed by atoms with E-state index >= 15 is 0 Å². The van der Waals surface area contributed by atoms with Crippen molar-refractivity contribution in [1.29, 1.82) is 0 Å². The average Bonchev–Trinajstić information content (AvgIpc) is 2.99. The van der Waals surface area contributed by atoms with Gasteiger partial charge in [-0.1, -0.05) is 73.8 Å². The van der Waals surface area contributed by atoms with Crippen LogP contribution in [0, 0.1) is 12.8 Å². The Bertz CT molecular complexity index is 1480. The minimum atomic E-state index is -4.44. The molecule has 0 N–H and O–H groups in total. The molecule has 3 aromatic carbocycles. The monoisotopic (exact) mass is 760 g/mol. The summed E-state index contributed by atoms with van der Waals surface area (Å²) in [6, 6.07) is 20.0. The number of carbonyl (C=O) groups excluding carboxylic acids is 2.